The van der Waals surface area contributed by atoms with E-state index in [1.807, 2.05) is 18.2 Å². The fourth-order valence-corrected chi connectivity index (χ4v) is 2.64. The van der Waals surface area contributed by atoms with Gasteiger partial charge in [-0.1, -0.05) is 12.2 Å². The van der Waals surface area contributed by atoms with E-state index in [4.69, 9.17) is 4.74 Å². The first-order valence-electron chi connectivity index (χ1n) is 8.02. The highest BCUT2D eigenvalue weighted by Gasteiger charge is 2.14. The number of hydrogen-bond acceptors (Lipinski definition) is 3. The van der Waals surface area contributed by atoms with E-state index in [1.165, 1.54) is 0 Å². The van der Waals surface area contributed by atoms with Crippen molar-refractivity contribution in [3.8, 4) is 5.75 Å². The van der Waals surface area contributed by atoms with Crippen LogP contribution in [0.4, 0.5) is 14.5 Å². The molecule has 1 aliphatic heterocycles. The van der Waals surface area contributed by atoms with Gasteiger partial charge in [0.25, 0.3) is 5.91 Å². The number of halogens is 2. The number of anilines is 1. The van der Waals surface area contributed by atoms with Crippen LogP contribution in [-0.4, -0.2) is 19.1 Å². The van der Waals surface area contributed by atoms with Gasteiger partial charge in [0.1, 0.15) is 5.82 Å². The molecule has 4 nitrogen and oxygen atoms in total. The normalized spacial score (nSPS) is 12.3. The van der Waals surface area contributed by atoms with Gasteiger partial charge in [0.15, 0.2) is 11.6 Å². The van der Waals surface area contributed by atoms with Crippen LogP contribution < -0.4 is 15.4 Å². The van der Waals surface area contributed by atoms with Crippen LogP contribution in [0.1, 0.15) is 28.4 Å². The molecule has 0 saturated heterocycles. The molecule has 0 radical (unpaired) electrons. The van der Waals surface area contributed by atoms with Crippen LogP contribution in [0.2, 0.25) is 0 Å². The van der Waals surface area contributed by atoms with Crippen LogP contribution in [-0.2, 0) is 6.54 Å². The standard InChI is InChI=1S/C19H18F2N2O2/c1-2-25-17-10-15(20)9-14(18(17)21)11-23-19(24)13-5-6-16-12(8-13)4-3-7-22-16/h3-6,8-10,22H,2,7,11H2,1H3,(H,23,24). The van der Waals surface area contributed by atoms with Crippen LogP contribution in [0.3, 0.4) is 0 Å². The molecule has 0 aliphatic carbocycles. The first kappa shape index (κ1) is 17.0. The van der Waals surface area contributed by atoms with Crippen molar-refractivity contribution in [1.29, 1.82) is 0 Å². The number of ether oxygens (including phenoxy) is 1. The zero-order chi connectivity index (χ0) is 17.8. The molecule has 2 N–H and O–H groups in total. The highest BCUT2D eigenvalue weighted by molar-refractivity contribution is 5.95. The Morgan fingerprint density at radius 2 is 2.12 bits per heavy atom. The summed E-state index contributed by atoms with van der Waals surface area (Å²) in [7, 11) is 0. The maximum Gasteiger partial charge on any atom is 0.251 e. The smallest absolute Gasteiger partial charge is 0.251 e. The SMILES string of the molecule is CCOc1cc(F)cc(CNC(=O)c2ccc3c(c2)C=CCN3)c1F. The van der Waals surface area contributed by atoms with E-state index in [9.17, 15) is 13.6 Å². The second-order valence-electron chi connectivity index (χ2n) is 5.58. The third-order valence-electron chi connectivity index (χ3n) is 3.84. The molecule has 0 fully saturated rings. The van der Waals surface area contributed by atoms with Gasteiger partial charge < -0.3 is 15.4 Å². The summed E-state index contributed by atoms with van der Waals surface area (Å²) >= 11 is 0. The number of carbonyl (C=O) groups is 1. The van der Waals surface area contributed by atoms with E-state index in [1.54, 1.807) is 19.1 Å². The molecule has 25 heavy (non-hydrogen) atoms. The largest absolute Gasteiger partial charge is 0.491 e. The van der Waals surface area contributed by atoms with Gasteiger partial charge in [0.05, 0.1) is 6.61 Å². The quantitative estimate of drug-likeness (QED) is 0.869. The van der Waals surface area contributed by atoms with Crippen LogP contribution >= 0.6 is 0 Å². The van der Waals surface area contributed by atoms with Gasteiger partial charge >= 0.3 is 0 Å². The minimum atomic E-state index is -0.666. The average molecular weight is 344 g/mol. The molecule has 0 bridgehead atoms. The Bertz CT molecular complexity index is 834. The van der Waals surface area contributed by atoms with E-state index < -0.39 is 11.6 Å². The maximum absolute atomic E-state index is 14.3. The monoisotopic (exact) mass is 344 g/mol. The van der Waals surface area contributed by atoms with Crippen molar-refractivity contribution in [1.82, 2.24) is 5.32 Å². The maximum atomic E-state index is 14.3. The van der Waals surface area contributed by atoms with Crippen molar-refractivity contribution in [2.75, 3.05) is 18.5 Å². The van der Waals surface area contributed by atoms with Crippen molar-refractivity contribution in [2.45, 2.75) is 13.5 Å². The van der Waals surface area contributed by atoms with E-state index in [0.29, 0.717) is 5.56 Å². The first-order valence-corrected chi connectivity index (χ1v) is 8.02. The summed E-state index contributed by atoms with van der Waals surface area (Å²) < 4.78 is 32.9. The van der Waals surface area contributed by atoms with E-state index in [-0.39, 0.29) is 30.4 Å². The second-order valence-corrected chi connectivity index (χ2v) is 5.58. The van der Waals surface area contributed by atoms with Gasteiger partial charge in [-0.05, 0) is 36.8 Å². The Hall–Kier alpha value is -2.89. The molecule has 0 atom stereocenters. The predicted molar refractivity (Wildman–Crippen MR) is 92.7 cm³/mol. The Morgan fingerprint density at radius 3 is 2.92 bits per heavy atom. The summed E-state index contributed by atoms with van der Waals surface area (Å²) in [5.74, 6) is -1.79. The Kier molecular flexibility index (Phi) is 4.97. The molecule has 0 aromatic heterocycles. The van der Waals surface area contributed by atoms with Crippen LogP contribution in [0.25, 0.3) is 6.08 Å². The summed E-state index contributed by atoms with van der Waals surface area (Å²) in [5.41, 5.74) is 2.36. The fraction of sp³-hybridized carbons (Fsp3) is 0.211. The van der Waals surface area contributed by atoms with Gasteiger partial charge in [-0.3, -0.25) is 4.79 Å². The minimum absolute atomic E-state index is 0.0383. The molecule has 0 spiro atoms. The highest BCUT2D eigenvalue weighted by Crippen LogP contribution is 2.24. The lowest BCUT2D eigenvalue weighted by molar-refractivity contribution is 0.0950. The Labute approximate surface area is 144 Å². The van der Waals surface area contributed by atoms with Crippen molar-refractivity contribution in [3.05, 3.63) is 64.7 Å². The summed E-state index contributed by atoms with van der Waals surface area (Å²) in [6.45, 7) is 2.53. The molecule has 0 saturated carbocycles. The number of hydrogen-bond donors (Lipinski definition) is 2. The lowest BCUT2D eigenvalue weighted by Gasteiger charge is -2.14. The van der Waals surface area contributed by atoms with Crippen molar-refractivity contribution >= 4 is 17.7 Å². The summed E-state index contributed by atoms with van der Waals surface area (Å²) in [6, 6.07) is 7.31. The lowest BCUT2D eigenvalue weighted by atomic mass is 10.1. The number of carbonyl (C=O) groups excluding carboxylic acids is 1. The topological polar surface area (TPSA) is 50.4 Å². The van der Waals surface area contributed by atoms with E-state index in [0.717, 1.165) is 29.9 Å². The summed E-state index contributed by atoms with van der Waals surface area (Å²) in [5, 5.41) is 5.81. The molecule has 130 valence electrons. The number of rotatable bonds is 5. The highest BCUT2D eigenvalue weighted by atomic mass is 19.1. The fourth-order valence-electron chi connectivity index (χ4n) is 2.64. The molecule has 1 aliphatic rings. The van der Waals surface area contributed by atoms with Gasteiger partial charge in [0.2, 0.25) is 0 Å². The zero-order valence-corrected chi connectivity index (χ0v) is 13.7. The molecule has 3 rings (SSSR count). The molecule has 6 heteroatoms. The molecule has 0 unspecified atom stereocenters. The van der Waals surface area contributed by atoms with E-state index in [2.05, 4.69) is 10.6 Å². The lowest BCUT2D eigenvalue weighted by Crippen LogP contribution is -2.24. The molecule has 2 aromatic rings. The summed E-state index contributed by atoms with van der Waals surface area (Å²) in [4.78, 5) is 12.3. The van der Waals surface area contributed by atoms with E-state index >= 15 is 0 Å². The van der Waals surface area contributed by atoms with Gasteiger partial charge in [-0.2, -0.15) is 0 Å². The third kappa shape index (κ3) is 3.79. The predicted octanol–water partition coefficient (Wildman–Crippen LogP) is 3.73. The third-order valence-corrected chi connectivity index (χ3v) is 3.84. The molecular formula is C19H18F2N2O2. The zero-order valence-electron chi connectivity index (χ0n) is 13.7. The number of fused-ring (bicyclic) bond motifs is 1. The summed E-state index contributed by atoms with van der Waals surface area (Å²) in [6.07, 6.45) is 3.89. The molecular weight excluding hydrogens is 326 g/mol. The van der Waals surface area contributed by atoms with Crippen LogP contribution in [0.15, 0.2) is 36.4 Å². The first-order chi connectivity index (χ1) is 12.1. The van der Waals surface area contributed by atoms with Crippen LogP contribution in [0.5, 0.6) is 5.75 Å². The molecule has 2 aromatic carbocycles. The average Bonchev–Trinajstić information content (AvgIpc) is 2.62. The van der Waals surface area contributed by atoms with Crippen LogP contribution in [0, 0.1) is 11.6 Å². The van der Waals surface area contributed by atoms with Gasteiger partial charge in [0, 0.05) is 36.0 Å². The van der Waals surface area contributed by atoms with Crippen molar-refractivity contribution in [3.63, 3.8) is 0 Å². The van der Waals surface area contributed by atoms with Crippen molar-refractivity contribution < 1.29 is 18.3 Å². The Morgan fingerprint density at radius 1 is 1.28 bits per heavy atom. The second kappa shape index (κ2) is 7.34. The molecule has 1 heterocycles. The number of nitrogens with one attached hydrogen (secondary N) is 2. The molecule has 1 amide bonds. The van der Waals surface area contributed by atoms with Gasteiger partial charge in [-0.25, -0.2) is 8.78 Å². The van der Waals surface area contributed by atoms with Crippen molar-refractivity contribution in [2.24, 2.45) is 0 Å². The number of benzene rings is 2. The number of amides is 1. The minimum Gasteiger partial charge on any atom is -0.491 e. The Balaban J connectivity index is 1.74. The van der Waals surface area contributed by atoms with Gasteiger partial charge in [-0.15, -0.1) is 0 Å².